The number of aromatic amines is 1. The second kappa shape index (κ2) is 8.39. The number of ether oxygens (including phenoxy) is 1. The molecule has 3 atom stereocenters. The predicted molar refractivity (Wildman–Crippen MR) is 116 cm³/mol. The normalized spacial score (nSPS) is 23.2. The second-order valence-corrected chi connectivity index (χ2v) is 10.9. The predicted octanol–water partition coefficient (Wildman–Crippen LogP) is 4.16. The van der Waals surface area contributed by atoms with E-state index in [1.807, 2.05) is 26.0 Å². The minimum atomic E-state index is -0.369. The molecule has 9 heteroatoms. The van der Waals surface area contributed by atoms with Crippen LogP contribution in [0.25, 0.3) is 0 Å². The lowest BCUT2D eigenvalue weighted by Crippen LogP contribution is -2.33. The lowest BCUT2D eigenvalue weighted by atomic mass is 10.0. The van der Waals surface area contributed by atoms with Gasteiger partial charge in [0.15, 0.2) is 5.82 Å². The van der Waals surface area contributed by atoms with Gasteiger partial charge >= 0.3 is 6.09 Å². The monoisotopic (exact) mass is 436 g/mol. The summed E-state index contributed by atoms with van der Waals surface area (Å²) in [5.74, 6) is 2.15. The molecule has 1 aliphatic carbocycles. The van der Waals surface area contributed by atoms with E-state index >= 15 is 0 Å². The van der Waals surface area contributed by atoms with Crippen molar-refractivity contribution in [1.82, 2.24) is 15.5 Å². The highest BCUT2D eigenvalue weighted by atomic mass is 32.8. The Morgan fingerprint density at radius 2 is 2.07 bits per heavy atom. The fourth-order valence-corrected chi connectivity index (χ4v) is 6.02. The number of nitrogens with one attached hydrogen (secondary N) is 3. The van der Waals surface area contributed by atoms with Crippen LogP contribution in [0.3, 0.4) is 0 Å². The van der Waals surface area contributed by atoms with Gasteiger partial charge in [-0.05, 0) is 56.4 Å². The number of benzene rings is 1. The van der Waals surface area contributed by atoms with Gasteiger partial charge in [0.1, 0.15) is 11.9 Å². The van der Waals surface area contributed by atoms with Gasteiger partial charge in [0.05, 0.1) is 5.69 Å². The molecule has 1 amide bonds. The number of anilines is 2. The van der Waals surface area contributed by atoms with Gasteiger partial charge in [0, 0.05) is 35.2 Å². The number of amides is 1. The molecular weight excluding hydrogens is 411 g/mol. The third-order valence-electron chi connectivity index (χ3n) is 5.29. The maximum absolute atomic E-state index is 14.4. The lowest BCUT2D eigenvalue weighted by molar-refractivity contribution is 0.0981. The molecule has 1 aromatic carbocycles. The van der Waals surface area contributed by atoms with Gasteiger partial charge in [-0.2, -0.15) is 5.10 Å². The Hall–Kier alpha value is -2.00. The van der Waals surface area contributed by atoms with Crippen LogP contribution in [0.4, 0.5) is 20.7 Å². The standard InChI is InChI=1S/C20H25FN4O2S2/c1-11(2)22-20(26)27-15-4-3-12(5-15)17-8-19(25-24-17)23-18-7-14-10-29(28)9-13(14)6-16(18)21/h6-8,11-12,15H,3-5,9-10H2,1-2H3,(H,22,26)(H2,23,24,25). The number of fused-ring (bicyclic) bond motifs is 1. The number of halogens is 1. The Morgan fingerprint density at radius 1 is 1.31 bits per heavy atom. The summed E-state index contributed by atoms with van der Waals surface area (Å²) in [6.45, 7) is 3.80. The van der Waals surface area contributed by atoms with Gasteiger partial charge < -0.3 is 15.4 Å². The molecule has 0 bridgehead atoms. The summed E-state index contributed by atoms with van der Waals surface area (Å²) in [4.78, 5) is 11.8. The number of carbonyl (C=O) groups is 1. The average molecular weight is 437 g/mol. The summed E-state index contributed by atoms with van der Waals surface area (Å²) in [6, 6.07) is 5.40. The molecule has 156 valence electrons. The number of H-pyrrole nitrogens is 1. The Kier molecular flexibility index (Phi) is 5.87. The van der Waals surface area contributed by atoms with Crippen molar-refractivity contribution in [2.75, 3.05) is 5.32 Å². The Labute approximate surface area is 176 Å². The third-order valence-corrected chi connectivity index (χ3v) is 7.26. The summed E-state index contributed by atoms with van der Waals surface area (Å²) in [5.41, 5.74) is 3.54. The molecular formula is C20H25FN4O2S2. The summed E-state index contributed by atoms with van der Waals surface area (Å²) >= 11 is 5.38. The summed E-state index contributed by atoms with van der Waals surface area (Å²) < 4.78 is 19.9. The highest BCUT2D eigenvalue weighted by molar-refractivity contribution is 8.28. The number of hydrogen-bond acceptors (Lipinski definition) is 5. The molecule has 4 rings (SSSR count). The van der Waals surface area contributed by atoms with Crippen LogP contribution < -0.4 is 10.6 Å². The van der Waals surface area contributed by atoms with E-state index < -0.39 is 0 Å². The highest BCUT2D eigenvalue weighted by Gasteiger charge is 2.30. The number of carbonyl (C=O) groups excluding carboxylic acids is 1. The molecule has 1 aliphatic heterocycles. The van der Waals surface area contributed by atoms with Crippen molar-refractivity contribution in [3.8, 4) is 0 Å². The van der Waals surface area contributed by atoms with E-state index in [1.165, 1.54) is 0 Å². The minimum absolute atomic E-state index is 0.0537. The number of aromatic nitrogens is 2. The molecule has 6 nitrogen and oxygen atoms in total. The van der Waals surface area contributed by atoms with Gasteiger partial charge in [-0.1, -0.05) is 11.2 Å². The van der Waals surface area contributed by atoms with Crippen LogP contribution in [0.15, 0.2) is 18.2 Å². The van der Waals surface area contributed by atoms with E-state index in [0.717, 1.165) is 47.6 Å². The lowest BCUT2D eigenvalue weighted by Gasteiger charge is -2.14. The zero-order valence-corrected chi connectivity index (χ0v) is 18.1. The van der Waals surface area contributed by atoms with Crippen molar-refractivity contribution >= 4 is 38.2 Å². The molecule has 2 aliphatic rings. The first-order valence-electron chi connectivity index (χ1n) is 9.83. The fraction of sp³-hybridized carbons (Fsp3) is 0.500. The summed E-state index contributed by atoms with van der Waals surface area (Å²) in [6.07, 6.45) is 2.02. The number of alkyl carbamates (subject to hydrolysis) is 1. The number of nitrogens with zero attached hydrogens (tertiary/aromatic N) is 1. The van der Waals surface area contributed by atoms with Gasteiger partial charge in [-0.25, -0.2) is 9.18 Å². The first-order chi connectivity index (χ1) is 13.9. The molecule has 29 heavy (non-hydrogen) atoms. The molecule has 3 N–H and O–H groups in total. The van der Waals surface area contributed by atoms with Crippen LogP contribution in [-0.4, -0.2) is 28.4 Å². The van der Waals surface area contributed by atoms with Crippen LogP contribution >= 0.6 is 0 Å². The fourth-order valence-electron chi connectivity index (χ4n) is 3.92. The van der Waals surface area contributed by atoms with Crippen molar-refractivity contribution in [1.29, 1.82) is 0 Å². The number of rotatable bonds is 5. The smallest absolute Gasteiger partial charge is 0.407 e. The Balaban J connectivity index is 1.38. The first-order valence-corrected chi connectivity index (χ1v) is 12.3. The zero-order chi connectivity index (χ0) is 20.5. The van der Waals surface area contributed by atoms with E-state index in [9.17, 15) is 9.18 Å². The molecule has 3 unspecified atom stereocenters. The second-order valence-electron chi connectivity index (χ2n) is 8.00. The Morgan fingerprint density at radius 3 is 2.83 bits per heavy atom. The van der Waals surface area contributed by atoms with E-state index in [2.05, 4.69) is 20.8 Å². The summed E-state index contributed by atoms with van der Waals surface area (Å²) in [7, 11) is -0.115. The van der Waals surface area contributed by atoms with Crippen LogP contribution in [0.2, 0.25) is 0 Å². The molecule has 1 saturated carbocycles. The molecule has 0 radical (unpaired) electrons. The van der Waals surface area contributed by atoms with Crippen molar-refractivity contribution in [2.45, 2.75) is 62.7 Å². The van der Waals surface area contributed by atoms with E-state index in [1.54, 1.807) is 6.07 Å². The van der Waals surface area contributed by atoms with Gasteiger partial charge in [-0.15, -0.1) is 9.45 Å². The molecule has 1 fully saturated rings. The van der Waals surface area contributed by atoms with Crippen molar-refractivity contribution in [2.24, 2.45) is 0 Å². The topological polar surface area (TPSA) is 79.0 Å². The SMILES string of the molecule is CC(C)NC(=O)OC1CCC(c2cc(Nc3cc4c(cc3F)CS(=S)C4)n[nH]2)C1. The van der Waals surface area contributed by atoms with E-state index in [0.29, 0.717) is 11.5 Å². The van der Waals surface area contributed by atoms with Crippen molar-refractivity contribution in [3.63, 3.8) is 0 Å². The van der Waals surface area contributed by atoms with Crippen LogP contribution in [0, 0.1) is 5.82 Å². The summed E-state index contributed by atoms with van der Waals surface area (Å²) in [5, 5.41) is 13.2. The molecule has 1 aromatic heterocycles. The van der Waals surface area contributed by atoms with Gasteiger partial charge in [0.25, 0.3) is 0 Å². The van der Waals surface area contributed by atoms with Gasteiger partial charge in [0.2, 0.25) is 0 Å². The molecule has 0 saturated heterocycles. The average Bonchev–Trinajstić information content (AvgIpc) is 3.34. The maximum atomic E-state index is 14.4. The minimum Gasteiger partial charge on any atom is -0.446 e. The molecule has 2 aromatic rings. The van der Waals surface area contributed by atoms with Crippen molar-refractivity contribution in [3.05, 3.63) is 40.8 Å². The van der Waals surface area contributed by atoms with E-state index in [-0.39, 0.29) is 39.4 Å². The first kappa shape index (κ1) is 20.3. The zero-order valence-electron chi connectivity index (χ0n) is 16.5. The molecule has 2 heterocycles. The quantitative estimate of drug-likeness (QED) is 0.656. The van der Waals surface area contributed by atoms with Crippen molar-refractivity contribution < 1.29 is 13.9 Å². The van der Waals surface area contributed by atoms with Crippen LogP contribution in [-0.2, 0) is 36.9 Å². The van der Waals surface area contributed by atoms with E-state index in [4.69, 9.17) is 15.9 Å². The number of hydrogen-bond donors (Lipinski definition) is 3. The maximum Gasteiger partial charge on any atom is 0.407 e. The highest BCUT2D eigenvalue weighted by Crippen LogP contribution is 2.36. The third kappa shape index (κ3) is 4.78. The largest absolute Gasteiger partial charge is 0.446 e. The van der Waals surface area contributed by atoms with Gasteiger partial charge in [-0.3, -0.25) is 5.10 Å². The van der Waals surface area contributed by atoms with Crippen LogP contribution in [0.5, 0.6) is 0 Å². The molecule has 0 spiro atoms. The van der Waals surface area contributed by atoms with Crippen LogP contribution in [0.1, 0.15) is 55.8 Å². The Bertz CT molecular complexity index is 947.